The van der Waals surface area contributed by atoms with E-state index in [0.29, 0.717) is 51.0 Å². The van der Waals surface area contributed by atoms with Gasteiger partial charge in [-0.1, -0.05) is 6.07 Å². The Morgan fingerprint density at radius 2 is 1.81 bits per heavy atom. The van der Waals surface area contributed by atoms with Gasteiger partial charge in [-0.3, -0.25) is 14.8 Å². The van der Waals surface area contributed by atoms with Crippen molar-refractivity contribution in [2.75, 3.05) is 44.6 Å². The standard InChI is InChI=1S/C23H27F4N5O5/c24-15-7-13(1-2-14(15)22(35)36)10-31-3-5-32(6-4-31)11-17-21(34)20(33)16(12-37-17)29-19-9-28-8-18(30-19)23(25,26)27/h1-2,7-9,16-17,20-21,33-34H,3-6,10-12H2,(H,29,30)(H,35,36)/t16-,17+,20+,21-/m0/s1. The van der Waals surface area contributed by atoms with Crippen LogP contribution in [0, 0.1) is 5.82 Å². The van der Waals surface area contributed by atoms with Crippen LogP contribution >= 0.6 is 0 Å². The van der Waals surface area contributed by atoms with Crippen molar-refractivity contribution in [2.24, 2.45) is 0 Å². The molecule has 0 bridgehead atoms. The Hall–Kier alpha value is -2.91. The number of anilines is 1. The molecule has 4 N–H and O–H groups in total. The zero-order valence-corrected chi connectivity index (χ0v) is 19.6. The summed E-state index contributed by atoms with van der Waals surface area (Å²) in [5.41, 5.74) is -0.889. The second kappa shape index (κ2) is 11.2. The summed E-state index contributed by atoms with van der Waals surface area (Å²) in [6.07, 6.45) is -6.27. The summed E-state index contributed by atoms with van der Waals surface area (Å²) >= 11 is 0. The van der Waals surface area contributed by atoms with E-state index in [4.69, 9.17) is 9.84 Å². The number of piperazine rings is 1. The highest BCUT2D eigenvalue weighted by Crippen LogP contribution is 2.28. The third-order valence-electron chi connectivity index (χ3n) is 6.46. The molecular weight excluding hydrogens is 502 g/mol. The molecule has 2 aliphatic rings. The lowest BCUT2D eigenvalue weighted by molar-refractivity contribution is -0.148. The van der Waals surface area contributed by atoms with E-state index in [-0.39, 0.29) is 18.0 Å². The van der Waals surface area contributed by atoms with E-state index in [1.165, 1.54) is 12.1 Å². The van der Waals surface area contributed by atoms with Gasteiger partial charge < -0.3 is 25.4 Å². The maximum Gasteiger partial charge on any atom is 0.434 e. The number of alkyl halides is 3. The van der Waals surface area contributed by atoms with Gasteiger partial charge in [0.2, 0.25) is 0 Å². The van der Waals surface area contributed by atoms with Gasteiger partial charge in [-0.2, -0.15) is 13.2 Å². The van der Waals surface area contributed by atoms with E-state index < -0.39 is 48.0 Å². The summed E-state index contributed by atoms with van der Waals surface area (Å²) in [6, 6.07) is 3.17. The van der Waals surface area contributed by atoms with Crippen molar-refractivity contribution in [3.63, 3.8) is 0 Å². The van der Waals surface area contributed by atoms with E-state index in [0.717, 1.165) is 6.20 Å². The number of aromatic nitrogens is 2. The van der Waals surface area contributed by atoms with Crippen LogP contribution in [0.15, 0.2) is 30.6 Å². The summed E-state index contributed by atoms with van der Waals surface area (Å²) in [7, 11) is 0. The van der Waals surface area contributed by atoms with E-state index in [1.807, 2.05) is 0 Å². The number of nitrogens with one attached hydrogen (secondary N) is 1. The Balaban J connectivity index is 1.25. The van der Waals surface area contributed by atoms with Crippen LogP contribution in [0.25, 0.3) is 0 Å². The molecule has 0 radical (unpaired) electrons. The van der Waals surface area contributed by atoms with Crippen LogP contribution in [-0.2, 0) is 17.5 Å². The average Bonchev–Trinajstić information content (AvgIpc) is 2.84. The molecule has 14 heteroatoms. The zero-order chi connectivity index (χ0) is 26.7. The molecule has 37 heavy (non-hydrogen) atoms. The first-order valence-corrected chi connectivity index (χ1v) is 11.6. The van der Waals surface area contributed by atoms with E-state index in [1.54, 1.807) is 6.07 Å². The molecule has 1 aromatic heterocycles. The minimum atomic E-state index is -4.66. The SMILES string of the molecule is O=C(O)c1ccc(CN2CCN(C[C@H]3OC[C@H](Nc4cncc(C(F)(F)F)n4)[C@@H](O)[C@H]3O)CC2)cc1F. The number of nitrogens with zero attached hydrogens (tertiary/aromatic N) is 4. The number of hydrogen-bond donors (Lipinski definition) is 4. The number of hydrogen-bond acceptors (Lipinski definition) is 9. The van der Waals surface area contributed by atoms with Gasteiger partial charge >= 0.3 is 12.1 Å². The molecule has 1 aromatic carbocycles. The molecule has 0 amide bonds. The minimum Gasteiger partial charge on any atom is -0.478 e. The van der Waals surface area contributed by atoms with Crippen molar-refractivity contribution in [1.82, 2.24) is 19.8 Å². The molecule has 2 fully saturated rings. The predicted octanol–water partition coefficient (Wildman–Crippen LogP) is 1.05. The Kier molecular flexibility index (Phi) is 8.23. The quantitative estimate of drug-likeness (QED) is 0.386. The normalized spacial score (nSPS) is 25.7. The number of carboxylic acids is 1. The Morgan fingerprint density at radius 3 is 2.46 bits per heavy atom. The number of halogens is 4. The van der Waals surface area contributed by atoms with Crippen molar-refractivity contribution in [1.29, 1.82) is 0 Å². The summed E-state index contributed by atoms with van der Waals surface area (Å²) < 4.78 is 58.3. The third-order valence-corrected chi connectivity index (χ3v) is 6.46. The summed E-state index contributed by atoms with van der Waals surface area (Å²) in [5, 5.41) is 32.7. The number of rotatable bonds is 7. The number of aromatic carboxylic acids is 1. The lowest BCUT2D eigenvalue weighted by atomic mass is 9.97. The van der Waals surface area contributed by atoms with Crippen molar-refractivity contribution >= 4 is 11.8 Å². The van der Waals surface area contributed by atoms with Crippen LogP contribution in [0.1, 0.15) is 21.6 Å². The smallest absolute Gasteiger partial charge is 0.434 e. The number of ether oxygens (including phenoxy) is 1. The van der Waals surface area contributed by atoms with Crippen molar-refractivity contribution in [3.05, 3.63) is 53.2 Å². The highest BCUT2D eigenvalue weighted by molar-refractivity contribution is 5.87. The molecule has 2 aromatic rings. The fraction of sp³-hybridized carbons (Fsp3) is 0.522. The molecule has 202 valence electrons. The highest BCUT2D eigenvalue weighted by Gasteiger charge is 2.40. The van der Waals surface area contributed by atoms with Gasteiger partial charge in [0.15, 0.2) is 5.69 Å². The molecule has 2 saturated heterocycles. The largest absolute Gasteiger partial charge is 0.478 e. The van der Waals surface area contributed by atoms with Crippen LogP contribution in [0.2, 0.25) is 0 Å². The minimum absolute atomic E-state index is 0.0569. The second-order valence-electron chi connectivity index (χ2n) is 9.09. The van der Waals surface area contributed by atoms with Gasteiger partial charge in [0.25, 0.3) is 0 Å². The maximum absolute atomic E-state index is 13.9. The molecule has 3 heterocycles. The van der Waals surface area contributed by atoms with Gasteiger partial charge in [0.1, 0.15) is 23.8 Å². The van der Waals surface area contributed by atoms with Crippen LogP contribution < -0.4 is 5.32 Å². The van der Waals surface area contributed by atoms with Gasteiger partial charge in [0.05, 0.1) is 36.7 Å². The van der Waals surface area contributed by atoms with Crippen LogP contribution in [0.5, 0.6) is 0 Å². The van der Waals surface area contributed by atoms with Crippen LogP contribution in [-0.4, -0.2) is 105 Å². The topological polar surface area (TPSA) is 131 Å². The molecule has 4 rings (SSSR count). The maximum atomic E-state index is 13.9. The fourth-order valence-electron chi connectivity index (χ4n) is 4.41. The van der Waals surface area contributed by atoms with Gasteiger partial charge in [0, 0.05) is 39.3 Å². The molecule has 10 nitrogen and oxygen atoms in total. The van der Waals surface area contributed by atoms with Crippen molar-refractivity contribution < 1.29 is 42.4 Å². The molecule has 0 unspecified atom stereocenters. The number of carbonyl (C=O) groups is 1. The average molecular weight is 529 g/mol. The number of aliphatic hydroxyl groups excluding tert-OH is 2. The van der Waals surface area contributed by atoms with E-state index in [2.05, 4.69) is 25.1 Å². The summed E-state index contributed by atoms with van der Waals surface area (Å²) in [4.78, 5) is 22.1. The zero-order valence-electron chi connectivity index (χ0n) is 19.6. The van der Waals surface area contributed by atoms with E-state index in [9.17, 15) is 32.6 Å². The fourth-order valence-corrected chi connectivity index (χ4v) is 4.41. The Morgan fingerprint density at radius 1 is 1.11 bits per heavy atom. The van der Waals surface area contributed by atoms with Crippen molar-refractivity contribution in [2.45, 2.75) is 37.1 Å². The second-order valence-corrected chi connectivity index (χ2v) is 9.09. The molecule has 0 spiro atoms. The first-order chi connectivity index (χ1) is 17.5. The van der Waals surface area contributed by atoms with Gasteiger partial charge in [-0.25, -0.2) is 14.2 Å². The Labute approximate surface area is 209 Å². The van der Waals surface area contributed by atoms with Gasteiger partial charge in [-0.15, -0.1) is 0 Å². The number of carboxylic acid groups (broad SMARTS) is 1. The molecular formula is C23H27F4N5O5. The van der Waals surface area contributed by atoms with Crippen LogP contribution in [0.4, 0.5) is 23.4 Å². The molecule has 4 atom stereocenters. The monoisotopic (exact) mass is 529 g/mol. The van der Waals surface area contributed by atoms with Crippen LogP contribution in [0.3, 0.4) is 0 Å². The lowest BCUT2D eigenvalue weighted by Crippen LogP contribution is -2.59. The number of aliphatic hydroxyl groups is 2. The lowest BCUT2D eigenvalue weighted by Gasteiger charge is -2.42. The third kappa shape index (κ3) is 6.70. The summed E-state index contributed by atoms with van der Waals surface area (Å²) in [5.74, 6) is -2.29. The van der Waals surface area contributed by atoms with Gasteiger partial charge in [-0.05, 0) is 17.7 Å². The first-order valence-electron chi connectivity index (χ1n) is 11.6. The Bertz CT molecular complexity index is 1100. The van der Waals surface area contributed by atoms with Crippen molar-refractivity contribution in [3.8, 4) is 0 Å². The van der Waals surface area contributed by atoms with E-state index >= 15 is 0 Å². The number of benzene rings is 1. The highest BCUT2D eigenvalue weighted by atomic mass is 19.4. The molecule has 2 aliphatic heterocycles. The molecule has 0 aliphatic carbocycles. The molecule has 0 saturated carbocycles. The predicted molar refractivity (Wildman–Crippen MR) is 121 cm³/mol. The first kappa shape index (κ1) is 27.1. The summed E-state index contributed by atoms with van der Waals surface area (Å²) in [6.45, 7) is 3.28.